The molecule has 3 amide bonds. The highest BCUT2D eigenvalue weighted by atomic mass is 35.5. The number of β-lactam (4-membered cyclic amide) rings is 2. The molecule has 1 aromatic carbocycles. The van der Waals surface area contributed by atoms with Crippen LogP contribution in [0.1, 0.15) is 37.1 Å². The van der Waals surface area contributed by atoms with Crippen molar-refractivity contribution in [3.63, 3.8) is 0 Å². The second-order valence-electron chi connectivity index (χ2n) is 18.4. The van der Waals surface area contributed by atoms with Crippen LogP contribution in [0.2, 0.25) is 0 Å². The van der Waals surface area contributed by atoms with Crippen LogP contribution < -0.4 is 32.7 Å². The number of likely N-dealkylation sites (N-methyl/N-ethyl adjacent to an activating group) is 2. The average molecular weight is 1220 g/mol. The van der Waals surface area contributed by atoms with Crippen molar-refractivity contribution in [3.05, 3.63) is 69.0 Å². The van der Waals surface area contributed by atoms with E-state index in [0.717, 1.165) is 86.9 Å². The number of thioether (sulfide) groups is 3. The topological polar surface area (TPSA) is 358 Å². The third kappa shape index (κ3) is 13.8. The minimum Gasteiger partial charge on any atom is -0.543 e. The molecule has 24 nitrogen and oxygen atoms in total. The number of amides is 3. The summed E-state index contributed by atoms with van der Waals surface area (Å²) in [6.45, 7) is 5.33. The molecule has 6 aliphatic heterocycles. The first-order chi connectivity index (χ1) is 35.3. The van der Waals surface area contributed by atoms with Gasteiger partial charge in [0.15, 0.2) is 26.0 Å². The Morgan fingerprint density at radius 3 is 1.73 bits per heavy atom. The molecule has 6 aliphatic rings. The van der Waals surface area contributed by atoms with E-state index < -0.39 is 41.2 Å². The van der Waals surface area contributed by atoms with Crippen molar-refractivity contribution in [2.45, 2.75) is 52.9 Å². The van der Waals surface area contributed by atoms with Crippen molar-refractivity contribution >= 4 is 161 Å². The zero-order chi connectivity index (χ0) is 53.1. The third-order valence-electron chi connectivity index (χ3n) is 13.0. The maximum Gasteiger partial charge on any atom is 0.276 e. The molecule has 0 radical (unpaired) electrons. The van der Waals surface area contributed by atoms with Gasteiger partial charge in [-0.3, -0.25) is 29.0 Å². The van der Waals surface area contributed by atoms with E-state index in [4.69, 9.17) is 26.9 Å². The number of oxime groups is 2. The van der Waals surface area contributed by atoms with Gasteiger partial charge in [-0.1, -0.05) is 22.4 Å². The monoisotopic (exact) mass is 1220 g/mol. The van der Waals surface area contributed by atoms with E-state index in [0.29, 0.717) is 45.3 Å². The van der Waals surface area contributed by atoms with Crippen molar-refractivity contribution in [1.82, 2.24) is 30.1 Å². The molecule has 0 aliphatic carbocycles. The molecule has 4 unspecified atom stereocenters. The molecule has 32 heteroatoms. The number of quaternary nitrogens is 2. The Morgan fingerprint density at radius 1 is 0.766 bits per heavy atom. The fraction of sp³-hybridized carbons (Fsp3) is 0.444. The third-order valence-corrected chi connectivity index (χ3v) is 19.0. The van der Waals surface area contributed by atoms with Crippen molar-refractivity contribution in [1.29, 1.82) is 0 Å². The summed E-state index contributed by atoms with van der Waals surface area (Å²) in [6, 6.07) is 6.25. The van der Waals surface area contributed by atoms with Crippen LogP contribution in [-0.2, 0) is 38.4 Å². The van der Waals surface area contributed by atoms with E-state index in [1.54, 1.807) is 22.5 Å². The molecule has 0 bridgehead atoms. The molecule has 9 heterocycles. The van der Waals surface area contributed by atoms with Crippen molar-refractivity contribution < 1.29 is 63.1 Å². The molecule has 4 fully saturated rings. The number of nitrogen functional groups attached to an aromatic ring is 2. The number of fused-ring (bicyclic) bond motifs is 3. The maximum absolute atomic E-state index is 12.9. The lowest BCUT2D eigenvalue weighted by Crippen LogP contribution is -2.71. The van der Waals surface area contributed by atoms with Gasteiger partial charge >= 0.3 is 0 Å². The molecular weight excluding hydrogens is 1160 g/mol. The summed E-state index contributed by atoms with van der Waals surface area (Å²) < 4.78 is 3.29. The second-order valence-corrected chi connectivity index (χ2v) is 24.6. The number of carbonyl (C=O) groups is 6. The zero-order valence-electron chi connectivity index (χ0n) is 41.9. The van der Waals surface area contributed by atoms with Crippen LogP contribution in [0, 0.1) is 0 Å². The molecular formula is C45H57Cl2N13O11S6. The van der Waals surface area contributed by atoms with E-state index in [1.165, 1.54) is 71.3 Å². The zero-order valence-corrected chi connectivity index (χ0v) is 48.4. The standard InChI is InChI=1S/C19H24N6O5S2.C13H10N4O2S3.C13H19N3O3S.2ClH.H2O/c1-25(5-3-4-6-25)7-10-8-31-17-13(16(27)24(17)14(10)18(28)29)22-15(26)12(23-30-2)11-9-32-19(20)21-11;1-19-17-10(8-6-20-12(14)15-8)11(18)22-13-16-7-4-2-3-5-9(7)21-13;1-16(4-2-3-5-16)6-8-7-20-12-9(14)11(17)15(12)10(8)13(18)19;;;/h9,13,17H,3-8H2,1-2H3,(H3-,20,21,22,26,28,29);2-6H,1H3,(H2,14,15);9,12H,2-7,14H2,1H3;2*1H;1H2/b23-12-;17-10-;;;;. The van der Waals surface area contributed by atoms with Crippen LogP contribution >= 0.6 is 94.1 Å². The maximum atomic E-state index is 12.9. The normalized spacial score (nSPS) is 22.0. The van der Waals surface area contributed by atoms with Crippen LogP contribution in [0.4, 0.5) is 10.3 Å². The Kier molecular flexibility index (Phi) is 21.7. The first kappa shape index (κ1) is 62.7. The highest BCUT2D eigenvalue weighted by Gasteiger charge is 2.54. The number of carbonyl (C=O) groups excluding carboxylic acids is 6. The van der Waals surface area contributed by atoms with Crippen LogP contribution in [-0.4, -0.2) is 187 Å². The van der Waals surface area contributed by atoms with Crippen molar-refractivity contribution in [2.24, 2.45) is 16.0 Å². The highest BCUT2D eigenvalue weighted by Crippen LogP contribution is 2.42. The summed E-state index contributed by atoms with van der Waals surface area (Å²) in [4.78, 5) is 98.0. The molecule has 3 aromatic heterocycles. The van der Waals surface area contributed by atoms with Crippen molar-refractivity contribution in [3.8, 4) is 0 Å². The minimum atomic E-state index is -1.37. The number of halogens is 2. The predicted molar refractivity (Wildman–Crippen MR) is 299 cm³/mol. The molecule has 10 rings (SSSR count). The van der Waals surface area contributed by atoms with Crippen LogP contribution in [0.25, 0.3) is 10.2 Å². The summed E-state index contributed by atoms with van der Waals surface area (Å²) in [5.41, 5.74) is 20.0. The number of nitrogens with two attached hydrogens (primary N) is 3. The number of aliphatic carboxylic acids is 2. The van der Waals surface area contributed by atoms with Crippen LogP contribution in [0.15, 0.2) is 72.2 Å². The summed E-state index contributed by atoms with van der Waals surface area (Å²) in [5, 5.41) is 36.4. The summed E-state index contributed by atoms with van der Waals surface area (Å²) in [5.74, 6) is -2.99. The predicted octanol–water partition coefficient (Wildman–Crippen LogP) is 0.217. The molecule has 9 N–H and O–H groups in total. The Bertz CT molecular complexity index is 2960. The van der Waals surface area contributed by atoms with Gasteiger partial charge in [0, 0.05) is 59.1 Å². The molecule has 4 atom stereocenters. The molecule has 0 spiro atoms. The number of likely N-dealkylation sites (tertiary alicyclic amines) is 2. The van der Waals surface area contributed by atoms with Crippen molar-refractivity contribution in [2.75, 3.05) is 90.6 Å². The quantitative estimate of drug-likeness (QED) is 0.0431. The van der Waals surface area contributed by atoms with Gasteiger partial charge in [0.1, 0.15) is 61.5 Å². The van der Waals surface area contributed by atoms with E-state index in [-0.39, 0.29) is 80.3 Å². The number of carboxylic acid groups (broad SMARTS) is 2. The smallest absolute Gasteiger partial charge is 0.276 e. The van der Waals surface area contributed by atoms with Gasteiger partial charge in [0.25, 0.3) is 11.8 Å². The van der Waals surface area contributed by atoms with E-state index in [2.05, 4.69) is 44.7 Å². The Hall–Kier alpha value is -5.12. The number of nitrogens with zero attached hydrogens (tertiary/aromatic N) is 9. The van der Waals surface area contributed by atoms with Gasteiger partial charge in [-0.25, -0.2) is 15.0 Å². The first-order valence-corrected chi connectivity index (χ1v) is 28.6. The number of benzene rings is 1. The van der Waals surface area contributed by atoms with Gasteiger partial charge < -0.3 is 66.4 Å². The lowest BCUT2D eigenvalue weighted by molar-refractivity contribution is -0.893. The van der Waals surface area contributed by atoms with Gasteiger partial charge in [0.2, 0.25) is 11.0 Å². The first-order valence-electron chi connectivity index (χ1n) is 23.1. The Labute approximate surface area is 479 Å². The number of rotatable bonds is 14. The summed E-state index contributed by atoms with van der Waals surface area (Å²) in [6.07, 6.45) is 4.56. The average Bonchev–Trinajstić information content (AvgIpc) is 4.25. The summed E-state index contributed by atoms with van der Waals surface area (Å²) in [7, 11) is 6.92. The van der Waals surface area contributed by atoms with Crippen LogP contribution in [0.3, 0.4) is 0 Å². The second kappa shape index (κ2) is 26.7. The van der Waals surface area contributed by atoms with Gasteiger partial charge in [-0.2, -0.15) is 0 Å². The highest BCUT2D eigenvalue weighted by molar-refractivity contribution is 8.16. The number of thiazole rings is 3. The molecule has 418 valence electrons. The molecule has 0 saturated carbocycles. The van der Waals surface area contributed by atoms with E-state index in [9.17, 15) is 39.0 Å². The molecule has 4 saturated heterocycles. The van der Waals surface area contributed by atoms with Gasteiger partial charge in [-0.15, -0.1) is 82.3 Å². The lowest BCUT2D eigenvalue weighted by atomic mass is 10.0. The fourth-order valence-electron chi connectivity index (χ4n) is 9.52. The van der Waals surface area contributed by atoms with Crippen LogP contribution in [0.5, 0.6) is 0 Å². The molecule has 77 heavy (non-hydrogen) atoms. The number of aromatic nitrogens is 3. The van der Waals surface area contributed by atoms with Gasteiger partial charge in [0.05, 0.1) is 73.8 Å². The number of carboxylic acids is 2. The lowest BCUT2D eigenvalue weighted by Gasteiger charge is -2.51. The van der Waals surface area contributed by atoms with E-state index >= 15 is 0 Å². The number of anilines is 2. The minimum absolute atomic E-state index is 0. The van der Waals surface area contributed by atoms with E-state index in [1.807, 2.05) is 24.3 Å². The SMILES string of the molecule is CO/N=C(\C(=O)NC1C(=O)N2C(C(=O)[O-])=C(C[N+]3(C)CCCC3)CSC12)c1csc(N)n1.CO/N=C(\C(=O)Sc1nc2ccccc2s1)c1csc(N)n1.C[N+]1(CC2=C(C(=O)[O-])N3C(=O)C(N)C3SC2)CCCC1.Cl.Cl.O. The Morgan fingerprint density at radius 2 is 1.25 bits per heavy atom. The molecule has 4 aromatic rings. The largest absolute Gasteiger partial charge is 0.543 e. The number of nitrogens with one attached hydrogen (secondary N) is 1. The number of para-hydroxylation sites is 1. The Balaban J connectivity index is 0.000000216. The van der Waals surface area contributed by atoms with Gasteiger partial charge in [-0.05, 0) is 23.9 Å². The number of hydrogen-bond acceptors (Lipinski definition) is 24. The fourth-order valence-corrected chi connectivity index (χ4v) is 15.1. The summed E-state index contributed by atoms with van der Waals surface area (Å²) >= 11 is 7.83. The number of hydrogen-bond donors (Lipinski definition) is 4.